The molecule has 0 bridgehead atoms. The number of aryl methyl sites for hydroxylation is 1. The van der Waals surface area contributed by atoms with E-state index in [1.54, 1.807) is 0 Å². The first-order valence-electron chi connectivity index (χ1n) is 7.66. The van der Waals surface area contributed by atoms with Gasteiger partial charge >= 0.3 is 0 Å². The Balaban J connectivity index is 1.78. The van der Waals surface area contributed by atoms with Crippen LogP contribution in [0.1, 0.15) is 21.8 Å². The van der Waals surface area contributed by atoms with E-state index in [2.05, 4.69) is 11.1 Å². The highest BCUT2D eigenvalue weighted by Crippen LogP contribution is 2.24. The average Bonchev–Trinajstić information content (AvgIpc) is 3.05. The van der Waals surface area contributed by atoms with Crippen molar-refractivity contribution in [2.45, 2.75) is 13.5 Å². The largest absolute Gasteiger partial charge is 0.489 e. The molecule has 0 saturated heterocycles. The molecule has 3 nitrogen and oxygen atoms in total. The van der Waals surface area contributed by atoms with Crippen molar-refractivity contribution < 1.29 is 4.74 Å². The van der Waals surface area contributed by atoms with Gasteiger partial charge in [0, 0.05) is 21.7 Å². The number of thiazole rings is 1. The quantitative estimate of drug-likeness (QED) is 0.540. The van der Waals surface area contributed by atoms with Gasteiger partial charge in [0.05, 0.1) is 5.57 Å². The molecule has 0 radical (unpaired) electrons. The van der Waals surface area contributed by atoms with Crippen LogP contribution >= 0.6 is 22.9 Å². The van der Waals surface area contributed by atoms with Crippen LogP contribution in [0.2, 0.25) is 5.02 Å². The summed E-state index contributed by atoms with van der Waals surface area (Å²) in [4.78, 5) is 4.37. The van der Waals surface area contributed by atoms with Crippen molar-refractivity contribution in [1.29, 1.82) is 5.26 Å². The summed E-state index contributed by atoms with van der Waals surface area (Å²) in [5.74, 6) is 0.723. The number of allylic oxidation sites excluding steroid dienone is 1. The first-order valence-corrected chi connectivity index (χ1v) is 8.92. The normalized spacial score (nSPS) is 11.2. The molecule has 0 aliphatic rings. The minimum atomic E-state index is 0.392. The molecule has 0 fully saturated rings. The molecule has 25 heavy (non-hydrogen) atoms. The number of nitriles is 1. The Kier molecular flexibility index (Phi) is 5.49. The number of nitrogens with zero attached hydrogens (tertiary/aromatic N) is 2. The van der Waals surface area contributed by atoms with Gasteiger partial charge in [-0.2, -0.15) is 5.26 Å². The second-order valence-corrected chi connectivity index (χ2v) is 6.68. The molecular formula is C20H15ClN2OS. The summed E-state index contributed by atoms with van der Waals surface area (Å²) in [6, 6.07) is 17.4. The Hall–Kier alpha value is -2.61. The maximum atomic E-state index is 9.40. The topological polar surface area (TPSA) is 45.9 Å². The third-order valence-corrected chi connectivity index (χ3v) is 4.85. The number of ether oxygens (including phenoxy) is 1. The van der Waals surface area contributed by atoms with Crippen LogP contribution in [0, 0.1) is 18.3 Å². The summed E-state index contributed by atoms with van der Waals surface area (Å²) in [6.07, 6.45) is 1.82. The van der Waals surface area contributed by atoms with Crippen molar-refractivity contribution in [1.82, 2.24) is 4.98 Å². The van der Waals surface area contributed by atoms with Gasteiger partial charge in [0.25, 0.3) is 0 Å². The molecule has 1 aromatic heterocycles. The molecule has 0 spiro atoms. The van der Waals surface area contributed by atoms with Crippen LogP contribution in [0.3, 0.4) is 0 Å². The molecule has 1 heterocycles. The highest BCUT2D eigenvalue weighted by atomic mass is 35.5. The van der Waals surface area contributed by atoms with Crippen LogP contribution in [0.15, 0.2) is 53.9 Å². The Morgan fingerprint density at radius 3 is 2.84 bits per heavy atom. The van der Waals surface area contributed by atoms with Crippen LogP contribution in [0.5, 0.6) is 5.75 Å². The Bertz CT molecular complexity index is 956. The van der Waals surface area contributed by atoms with E-state index < -0.39 is 0 Å². The summed E-state index contributed by atoms with van der Waals surface area (Å²) in [5.41, 5.74) is 3.28. The Labute approximate surface area is 155 Å². The van der Waals surface area contributed by atoms with Gasteiger partial charge in [0.1, 0.15) is 23.4 Å². The number of rotatable bonds is 5. The van der Waals surface area contributed by atoms with Crippen LogP contribution in [-0.4, -0.2) is 4.98 Å². The Morgan fingerprint density at radius 2 is 2.12 bits per heavy atom. The summed E-state index contributed by atoms with van der Waals surface area (Å²) >= 11 is 7.61. The maximum Gasteiger partial charge on any atom is 0.134 e. The third kappa shape index (κ3) is 4.48. The van der Waals surface area contributed by atoms with Crippen molar-refractivity contribution in [2.24, 2.45) is 0 Å². The summed E-state index contributed by atoms with van der Waals surface area (Å²) in [7, 11) is 0. The van der Waals surface area contributed by atoms with E-state index in [1.165, 1.54) is 11.3 Å². The lowest BCUT2D eigenvalue weighted by molar-refractivity contribution is 0.306. The number of halogens is 1. The molecular weight excluding hydrogens is 352 g/mol. The van der Waals surface area contributed by atoms with Crippen molar-refractivity contribution in [3.8, 4) is 11.8 Å². The number of aromatic nitrogens is 1. The number of hydrogen-bond donors (Lipinski definition) is 0. The molecule has 0 aliphatic heterocycles. The molecule has 124 valence electrons. The van der Waals surface area contributed by atoms with Gasteiger partial charge in [-0.25, -0.2) is 4.98 Å². The van der Waals surface area contributed by atoms with Crippen LogP contribution < -0.4 is 4.74 Å². The highest BCUT2D eigenvalue weighted by molar-refractivity contribution is 7.11. The summed E-state index contributed by atoms with van der Waals surface area (Å²) in [5, 5.41) is 12.7. The molecule has 0 N–H and O–H groups in total. The average molecular weight is 367 g/mol. The minimum absolute atomic E-state index is 0.392. The van der Waals surface area contributed by atoms with Crippen molar-refractivity contribution in [3.05, 3.63) is 80.8 Å². The second-order valence-electron chi connectivity index (χ2n) is 5.42. The molecule has 3 aromatic rings. The van der Waals surface area contributed by atoms with E-state index in [-0.39, 0.29) is 0 Å². The van der Waals surface area contributed by atoms with E-state index in [9.17, 15) is 5.26 Å². The monoisotopic (exact) mass is 366 g/mol. The first-order chi connectivity index (χ1) is 12.2. The Morgan fingerprint density at radius 1 is 1.28 bits per heavy atom. The van der Waals surface area contributed by atoms with Gasteiger partial charge in [0.2, 0.25) is 0 Å². The fraction of sp³-hybridized carbons (Fsp3) is 0.100. The lowest BCUT2D eigenvalue weighted by Crippen LogP contribution is -1.96. The predicted molar refractivity (Wildman–Crippen MR) is 103 cm³/mol. The second kappa shape index (κ2) is 7.98. The van der Waals surface area contributed by atoms with Crippen molar-refractivity contribution in [3.63, 3.8) is 0 Å². The summed E-state index contributed by atoms with van der Waals surface area (Å²) < 4.78 is 5.83. The van der Waals surface area contributed by atoms with E-state index in [1.807, 2.05) is 66.9 Å². The SMILES string of the molecule is Cc1csc(/C(C#N)=C/c2cccc(OCc3ccccc3Cl)c2)n1. The standard InChI is InChI=1S/C20H15ClN2OS/c1-14-13-25-20(23-14)17(11-22)9-15-5-4-7-18(10-15)24-12-16-6-2-3-8-19(16)21/h2-10,13H,12H2,1H3/b17-9+. The molecule has 0 amide bonds. The molecule has 0 unspecified atom stereocenters. The van der Waals surface area contributed by atoms with E-state index in [0.717, 1.165) is 27.6 Å². The van der Waals surface area contributed by atoms with Gasteiger partial charge in [-0.3, -0.25) is 0 Å². The zero-order valence-electron chi connectivity index (χ0n) is 13.6. The zero-order valence-corrected chi connectivity index (χ0v) is 15.1. The molecule has 2 aromatic carbocycles. The van der Waals surface area contributed by atoms with Crippen molar-refractivity contribution >= 4 is 34.6 Å². The van der Waals surface area contributed by atoms with Gasteiger partial charge in [0.15, 0.2) is 0 Å². The lowest BCUT2D eigenvalue weighted by Gasteiger charge is -2.08. The van der Waals surface area contributed by atoms with Crippen LogP contribution in [0.4, 0.5) is 0 Å². The van der Waals surface area contributed by atoms with Gasteiger partial charge in [-0.1, -0.05) is 41.9 Å². The fourth-order valence-electron chi connectivity index (χ4n) is 2.26. The van der Waals surface area contributed by atoms with Crippen LogP contribution in [-0.2, 0) is 6.61 Å². The number of benzene rings is 2. The minimum Gasteiger partial charge on any atom is -0.489 e. The molecule has 3 rings (SSSR count). The van der Waals surface area contributed by atoms with Gasteiger partial charge < -0.3 is 4.74 Å². The van der Waals surface area contributed by atoms with E-state index in [0.29, 0.717) is 17.2 Å². The number of hydrogen-bond acceptors (Lipinski definition) is 4. The maximum absolute atomic E-state index is 9.40. The third-order valence-electron chi connectivity index (χ3n) is 3.49. The van der Waals surface area contributed by atoms with Crippen molar-refractivity contribution in [2.75, 3.05) is 0 Å². The predicted octanol–water partition coefficient (Wildman–Crippen LogP) is 5.75. The van der Waals surface area contributed by atoms with Crippen LogP contribution in [0.25, 0.3) is 11.6 Å². The smallest absolute Gasteiger partial charge is 0.134 e. The zero-order chi connectivity index (χ0) is 17.6. The van der Waals surface area contributed by atoms with Gasteiger partial charge in [-0.15, -0.1) is 11.3 Å². The highest BCUT2D eigenvalue weighted by Gasteiger charge is 2.06. The fourth-order valence-corrected chi connectivity index (χ4v) is 3.21. The molecule has 0 saturated carbocycles. The molecule has 0 aliphatic carbocycles. The van der Waals surface area contributed by atoms with E-state index >= 15 is 0 Å². The first kappa shape index (κ1) is 17.2. The molecule has 5 heteroatoms. The van der Waals surface area contributed by atoms with E-state index in [4.69, 9.17) is 16.3 Å². The summed E-state index contributed by atoms with van der Waals surface area (Å²) in [6.45, 7) is 2.31. The van der Waals surface area contributed by atoms with Gasteiger partial charge in [-0.05, 0) is 36.8 Å². The lowest BCUT2D eigenvalue weighted by atomic mass is 10.1. The molecule has 0 atom stereocenters.